The minimum Gasteiger partial charge on any atom is -0.491 e. The largest absolute Gasteiger partial charge is 0.491 e. The lowest BCUT2D eigenvalue weighted by atomic mass is 10.1. The van der Waals surface area contributed by atoms with E-state index in [4.69, 9.17) is 10.5 Å². The summed E-state index contributed by atoms with van der Waals surface area (Å²) in [5, 5.41) is 0. The Kier molecular flexibility index (Phi) is 3.94. The van der Waals surface area contributed by atoms with E-state index in [0.717, 1.165) is 11.3 Å². The third-order valence-electron chi connectivity index (χ3n) is 2.55. The molecule has 0 bridgehead atoms. The van der Waals surface area contributed by atoms with Crippen molar-refractivity contribution < 1.29 is 9.13 Å². The van der Waals surface area contributed by atoms with Crippen LogP contribution in [0.5, 0.6) is 5.75 Å². The zero-order valence-corrected chi connectivity index (χ0v) is 10.3. The van der Waals surface area contributed by atoms with Crippen LogP contribution in [0.4, 0.5) is 4.39 Å². The highest BCUT2D eigenvalue weighted by atomic mass is 19.1. The van der Waals surface area contributed by atoms with Gasteiger partial charge in [-0.3, -0.25) is 0 Å². The molecule has 4 nitrogen and oxygen atoms in total. The van der Waals surface area contributed by atoms with Gasteiger partial charge in [-0.1, -0.05) is 0 Å². The second kappa shape index (κ2) is 5.64. The zero-order chi connectivity index (χ0) is 13.0. The molecule has 0 amide bonds. The van der Waals surface area contributed by atoms with Crippen molar-refractivity contribution in [3.8, 4) is 17.0 Å². The summed E-state index contributed by atoms with van der Waals surface area (Å²) < 4.78 is 20.7. The van der Waals surface area contributed by atoms with Crippen LogP contribution in [0, 0.1) is 5.82 Å². The van der Waals surface area contributed by atoms with Crippen LogP contribution in [0.3, 0.4) is 0 Å². The van der Waals surface area contributed by atoms with Crippen LogP contribution in [0.1, 0.15) is 6.92 Å². The van der Waals surface area contributed by atoms with Gasteiger partial charge in [-0.25, -0.2) is 9.37 Å². The monoisotopic (exact) mass is 249 g/mol. The first kappa shape index (κ1) is 12.6. The molecule has 2 aromatic rings. The Morgan fingerprint density at radius 3 is 2.94 bits per heavy atom. The van der Waals surface area contributed by atoms with E-state index in [1.54, 1.807) is 18.5 Å². The van der Waals surface area contributed by atoms with Crippen LogP contribution in [0.2, 0.25) is 0 Å². The first-order valence-corrected chi connectivity index (χ1v) is 5.89. The third-order valence-corrected chi connectivity index (χ3v) is 2.55. The topological polar surface area (TPSA) is 53.1 Å². The fourth-order valence-electron chi connectivity index (χ4n) is 1.71. The Bertz CT molecular complexity index is 525. The molecule has 18 heavy (non-hydrogen) atoms. The molecule has 1 aromatic carbocycles. The molecule has 0 saturated carbocycles. The van der Waals surface area contributed by atoms with Crippen molar-refractivity contribution in [2.75, 3.05) is 13.2 Å². The minimum atomic E-state index is -0.372. The summed E-state index contributed by atoms with van der Waals surface area (Å²) in [4.78, 5) is 4.22. The van der Waals surface area contributed by atoms with Crippen molar-refractivity contribution >= 4 is 0 Å². The van der Waals surface area contributed by atoms with Gasteiger partial charge in [0.1, 0.15) is 0 Å². The summed E-state index contributed by atoms with van der Waals surface area (Å²) in [7, 11) is 0. The van der Waals surface area contributed by atoms with Gasteiger partial charge in [0.2, 0.25) is 0 Å². The van der Waals surface area contributed by atoms with E-state index in [9.17, 15) is 4.39 Å². The predicted octanol–water partition coefficient (Wildman–Crippen LogP) is 2.05. The maximum Gasteiger partial charge on any atom is 0.165 e. The van der Waals surface area contributed by atoms with Gasteiger partial charge in [-0.2, -0.15) is 0 Å². The fourth-order valence-corrected chi connectivity index (χ4v) is 1.71. The molecule has 96 valence electrons. The van der Waals surface area contributed by atoms with E-state index in [0.29, 0.717) is 19.7 Å². The molecule has 0 radical (unpaired) electrons. The SMILES string of the molecule is CCOc1ccc(-c2cn(CCN)cn2)cc1F. The van der Waals surface area contributed by atoms with Crippen LogP contribution in [-0.2, 0) is 6.54 Å². The number of hydrogen-bond acceptors (Lipinski definition) is 3. The first-order valence-electron chi connectivity index (χ1n) is 5.89. The van der Waals surface area contributed by atoms with Gasteiger partial charge >= 0.3 is 0 Å². The number of ether oxygens (including phenoxy) is 1. The zero-order valence-electron chi connectivity index (χ0n) is 10.3. The summed E-state index contributed by atoms with van der Waals surface area (Å²) in [6.07, 6.45) is 3.54. The van der Waals surface area contributed by atoms with Gasteiger partial charge in [0, 0.05) is 24.8 Å². The molecule has 0 atom stereocenters. The lowest BCUT2D eigenvalue weighted by Crippen LogP contribution is -2.07. The average molecular weight is 249 g/mol. The Hall–Kier alpha value is -1.88. The molecular formula is C13H16FN3O. The lowest BCUT2D eigenvalue weighted by Gasteiger charge is -2.05. The second-order valence-electron chi connectivity index (χ2n) is 3.86. The van der Waals surface area contributed by atoms with Crippen molar-refractivity contribution in [3.05, 3.63) is 36.5 Å². The summed E-state index contributed by atoms with van der Waals surface area (Å²) in [5.74, 6) is -0.106. The van der Waals surface area contributed by atoms with E-state index < -0.39 is 0 Å². The number of rotatable bonds is 5. The van der Waals surface area contributed by atoms with Crippen LogP contribution < -0.4 is 10.5 Å². The number of nitrogens with two attached hydrogens (primary N) is 1. The summed E-state index contributed by atoms with van der Waals surface area (Å²) >= 11 is 0. The van der Waals surface area contributed by atoms with Crippen LogP contribution in [0.25, 0.3) is 11.3 Å². The quantitative estimate of drug-likeness (QED) is 0.882. The van der Waals surface area contributed by atoms with Crippen molar-refractivity contribution in [1.29, 1.82) is 0 Å². The molecule has 2 rings (SSSR count). The van der Waals surface area contributed by atoms with E-state index in [-0.39, 0.29) is 11.6 Å². The predicted molar refractivity (Wildman–Crippen MR) is 67.8 cm³/mol. The molecule has 2 N–H and O–H groups in total. The van der Waals surface area contributed by atoms with Gasteiger partial charge in [0.15, 0.2) is 11.6 Å². The van der Waals surface area contributed by atoms with Crippen molar-refractivity contribution in [3.63, 3.8) is 0 Å². The van der Waals surface area contributed by atoms with E-state index in [1.807, 2.05) is 17.7 Å². The summed E-state index contributed by atoms with van der Waals surface area (Å²) in [6, 6.07) is 4.85. The van der Waals surface area contributed by atoms with Crippen LogP contribution in [0.15, 0.2) is 30.7 Å². The van der Waals surface area contributed by atoms with Crippen LogP contribution in [-0.4, -0.2) is 22.7 Å². The molecule has 0 aliphatic carbocycles. The summed E-state index contributed by atoms with van der Waals surface area (Å²) in [6.45, 7) is 3.52. The van der Waals surface area contributed by atoms with Gasteiger partial charge in [-0.15, -0.1) is 0 Å². The van der Waals surface area contributed by atoms with Gasteiger partial charge in [-0.05, 0) is 25.1 Å². The van der Waals surface area contributed by atoms with E-state index >= 15 is 0 Å². The lowest BCUT2D eigenvalue weighted by molar-refractivity contribution is 0.321. The van der Waals surface area contributed by atoms with E-state index in [2.05, 4.69) is 4.98 Å². The minimum absolute atomic E-state index is 0.266. The molecule has 1 aromatic heterocycles. The molecule has 0 aliphatic heterocycles. The number of aromatic nitrogens is 2. The van der Waals surface area contributed by atoms with Crippen molar-refractivity contribution in [1.82, 2.24) is 9.55 Å². The molecule has 0 saturated heterocycles. The third kappa shape index (κ3) is 2.68. The van der Waals surface area contributed by atoms with Crippen molar-refractivity contribution in [2.24, 2.45) is 5.73 Å². The highest BCUT2D eigenvalue weighted by molar-refractivity contribution is 5.59. The normalized spacial score (nSPS) is 10.6. The van der Waals surface area contributed by atoms with Gasteiger partial charge in [0.25, 0.3) is 0 Å². The first-order chi connectivity index (χ1) is 8.74. The maximum atomic E-state index is 13.7. The molecule has 0 unspecified atom stereocenters. The van der Waals surface area contributed by atoms with Crippen molar-refractivity contribution in [2.45, 2.75) is 13.5 Å². The maximum absolute atomic E-state index is 13.7. The Balaban J connectivity index is 2.24. The molecule has 0 aliphatic rings. The van der Waals surface area contributed by atoms with Crippen LogP contribution >= 0.6 is 0 Å². The molecular weight excluding hydrogens is 233 g/mol. The molecule has 5 heteroatoms. The number of hydrogen-bond donors (Lipinski definition) is 1. The molecule has 0 spiro atoms. The number of nitrogens with zero attached hydrogens (tertiary/aromatic N) is 2. The molecule has 1 heterocycles. The number of benzene rings is 1. The second-order valence-corrected chi connectivity index (χ2v) is 3.86. The highest BCUT2D eigenvalue weighted by Crippen LogP contribution is 2.24. The fraction of sp³-hybridized carbons (Fsp3) is 0.308. The smallest absolute Gasteiger partial charge is 0.165 e. The highest BCUT2D eigenvalue weighted by Gasteiger charge is 2.07. The molecule has 0 fully saturated rings. The number of imidazole rings is 1. The Morgan fingerprint density at radius 2 is 2.28 bits per heavy atom. The summed E-state index contributed by atoms with van der Waals surface area (Å²) in [5.41, 5.74) is 6.92. The average Bonchev–Trinajstić information content (AvgIpc) is 2.81. The van der Waals surface area contributed by atoms with Gasteiger partial charge in [0.05, 0.1) is 18.6 Å². The van der Waals surface area contributed by atoms with Gasteiger partial charge < -0.3 is 15.0 Å². The Labute approximate surface area is 105 Å². The number of halogens is 1. The standard InChI is InChI=1S/C13H16FN3O/c1-2-18-13-4-3-10(7-11(13)14)12-8-17(6-5-15)9-16-12/h3-4,7-9H,2,5-6,15H2,1H3. The Morgan fingerprint density at radius 1 is 1.44 bits per heavy atom. The van der Waals surface area contributed by atoms with E-state index in [1.165, 1.54) is 6.07 Å².